The van der Waals surface area contributed by atoms with E-state index in [1.165, 1.54) is 0 Å². The fraction of sp³-hybridized carbons (Fsp3) is 0.500. The van der Waals surface area contributed by atoms with E-state index in [9.17, 15) is 0 Å². The van der Waals surface area contributed by atoms with Crippen molar-refractivity contribution in [2.24, 2.45) is 5.92 Å². The van der Waals surface area contributed by atoms with Crippen LogP contribution in [0.15, 0.2) is 28.7 Å². The summed E-state index contributed by atoms with van der Waals surface area (Å²) in [5.74, 6) is 2.64. The molecule has 2 rings (SSSR count). The maximum Gasteiger partial charge on any atom is 0.247 e. The zero-order valence-electron chi connectivity index (χ0n) is 13.6. The highest BCUT2D eigenvalue weighted by Gasteiger charge is 2.13. The highest BCUT2D eigenvalue weighted by atomic mass is 35.5. The van der Waals surface area contributed by atoms with Crippen molar-refractivity contribution in [2.45, 2.75) is 27.3 Å². The first-order valence-corrected chi connectivity index (χ1v) is 7.31. The predicted octanol–water partition coefficient (Wildman–Crippen LogP) is 3.64. The van der Waals surface area contributed by atoms with Crippen molar-refractivity contribution < 1.29 is 9.15 Å². The van der Waals surface area contributed by atoms with E-state index in [-0.39, 0.29) is 12.4 Å². The molecule has 0 aliphatic heterocycles. The Labute approximate surface area is 138 Å². The van der Waals surface area contributed by atoms with Gasteiger partial charge >= 0.3 is 0 Å². The third-order valence-electron chi connectivity index (χ3n) is 3.23. The summed E-state index contributed by atoms with van der Waals surface area (Å²) in [6.45, 7) is 9.24. The number of benzene rings is 1. The van der Waals surface area contributed by atoms with E-state index in [2.05, 4.69) is 35.9 Å². The van der Waals surface area contributed by atoms with Gasteiger partial charge in [0, 0.05) is 12.1 Å². The average molecular weight is 326 g/mol. The minimum absolute atomic E-state index is 0. The van der Waals surface area contributed by atoms with Gasteiger partial charge in [-0.25, -0.2) is 0 Å². The maximum atomic E-state index is 5.75. The number of methoxy groups -OCH3 is 1. The van der Waals surface area contributed by atoms with Crippen LogP contribution >= 0.6 is 12.4 Å². The molecule has 0 spiro atoms. The van der Waals surface area contributed by atoms with Gasteiger partial charge in [-0.15, -0.1) is 22.6 Å². The summed E-state index contributed by atoms with van der Waals surface area (Å²) in [5.41, 5.74) is 0.904. The van der Waals surface area contributed by atoms with E-state index in [1.807, 2.05) is 24.3 Å². The summed E-state index contributed by atoms with van der Waals surface area (Å²) in [4.78, 5) is 2.30. The monoisotopic (exact) mass is 325 g/mol. The van der Waals surface area contributed by atoms with E-state index in [1.54, 1.807) is 7.11 Å². The van der Waals surface area contributed by atoms with E-state index in [4.69, 9.17) is 9.15 Å². The van der Waals surface area contributed by atoms with Crippen LogP contribution < -0.4 is 4.74 Å². The van der Waals surface area contributed by atoms with Gasteiger partial charge in [-0.2, -0.15) is 0 Å². The van der Waals surface area contributed by atoms with Crippen molar-refractivity contribution in [1.29, 1.82) is 0 Å². The largest absolute Gasteiger partial charge is 0.497 e. The number of hydrogen-bond donors (Lipinski definition) is 0. The third kappa shape index (κ3) is 5.00. The van der Waals surface area contributed by atoms with Gasteiger partial charge in [-0.1, -0.05) is 20.8 Å². The van der Waals surface area contributed by atoms with Crippen LogP contribution in [0.25, 0.3) is 11.5 Å². The smallest absolute Gasteiger partial charge is 0.247 e. The lowest BCUT2D eigenvalue weighted by Gasteiger charge is -2.20. The lowest BCUT2D eigenvalue weighted by molar-refractivity contribution is 0.226. The maximum absolute atomic E-state index is 5.75. The van der Waals surface area contributed by atoms with Crippen molar-refractivity contribution in [1.82, 2.24) is 15.1 Å². The second-order valence-electron chi connectivity index (χ2n) is 5.45. The van der Waals surface area contributed by atoms with Crippen LogP contribution in [0.4, 0.5) is 0 Å². The molecule has 0 radical (unpaired) electrons. The Morgan fingerprint density at radius 3 is 2.41 bits per heavy atom. The molecule has 0 bridgehead atoms. The van der Waals surface area contributed by atoms with Gasteiger partial charge in [-0.3, -0.25) is 4.90 Å². The zero-order valence-corrected chi connectivity index (χ0v) is 14.4. The molecule has 0 saturated carbocycles. The summed E-state index contributed by atoms with van der Waals surface area (Å²) in [7, 11) is 1.65. The Kier molecular flexibility index (Phi) is 7.35. The second kappa shape index (κ2) is 8.76. The molecule has 5 nitrogen and oxygen atoms in total. The molecule has 1 aromatic heterocycles. The minimum Gasteiger partial charge on any atom is -0.497 e. The molecule has 0 amide bonds. The van der Waals surface area contributed by atoms with Gasteiger partial charge in [0.05, 0.1) is 13.7 Å². The zero-order chi connectivity index (χ0) is 15.2. The van der Waals surface area contributed by atoms with Gasteiger partial charge in [0.15, 0.2) is 0 Å². The number of hydrogen-bond acceptors (Lipinski definition) is 5. The van der Waals surface area contributed by atoms with E-state index < -0.39 is 0 Å². The molecular formula is C16H24ClN3O2. The van der Waals surface area contributed by atoms with Crippen molar-refractivity contribution in [3.63, 3.8) is 0 Å². The summed E-state index contributed by atoms with van der Waals surface area (Å²) < 4.78 is 10.9. The topological polar surface area (TPSA) is 51.4 Å². The van der Waals surface area contributed by atoms with Crippen LogP contribution in [0.2, 0.25) is 0 Å². The van der Waals surface area contributed by atoms with Gasteiger partial charge in [0.1, 0.15) is 5.75 Å². The molecule has 6 heteroatoms. The number of rotatable bonds is 7. The molecule has 22 heavy (non-hydrogen) atoms. The average Bonchev–Trinajstić information content (AvgIpc) is 2.94. The number of aromatic nitrogens is 2. The van der Waals surface area contributed by atoms with Gasteiger partial charge < -0.3 is 9.15 Å². The van der Waals surface area contributed by atoms with Crippen molar-refractivity contribution in [2.75, 3.05) is 20.2 Å². The molecule has 0 aliphatic carbocycles. The quantitative estimate of drug-likeness (QED) is 0.777. The Bertz CT molecular complexity index is 555. The van der Waals surface area contributed by atoms with E-state index in [0.29, 0.717) is 24.2 Å². The fourth-order valence-corrected chi connectivity index (χ4v) is 2.18. The Hall–Kier alpha value is -1.59. The molecule has 0 unspecified atom stereocenters. The Morgan fingerprint density at radius 2 is 1.86 bits per heavy atom. The normalized spacial score (nSPS) is 10.8. The van der Waals surface area contributed by atoms with Gasteiger partial charge in [0.2, 0.25) is 11.8 Å². The molecule has 122 valence electrons. The SMILES string of the molecule is CCN(Cc1nnc(-c2ccc(OC)cc2)o1)CC(C)C.Cl. The van der Waals surface area contributed by atoms with Gasteiger partial charge in [-0.05, 0) is 36.7 Å². The number of nitrogens with zero attached hydrogens (tertiary/aromatic N) is 3. The summed E-state index contributed by atoms with van der Waals surface area (Å²) in [5, 5.41) is 8.26. The second-order valence-corrected chi connectivity index (χ2v) is 5.45. The Morgan fingerprint density at radius 1 is 1.18 bits per heavy atom. The Balaban J connectivity index is 0.00000242. The number of ether oxygens (including phenoxy) is 1. The van der Waals surface area contributed by atoms with Gasteiger partial charge in [0.25, 0.3) is 0 Å². The van der Waals surface area contributed by atoms with E-state index in [0.717, 1.165) is 24.4 Å². The molecule has 0 fully saturated rings. The van der Waals surface area contributed by atoms with Crippen LogP contribution in [0, 0.1) is 5.92 Å². The van der Waals surface area contributed by atoms with Crippen LogP contribution in [0.1, 0.15) is 26.7 Å². The van der Waals surface area contributed by atoms with Crippen LogP contribution in [-0.2, 0) is 6.54 Å². The van der Waals surface area contributed by atoms with Crippen LogP contribution in [0.3, 0.4) is 0 Å². The molecule has 0 aliphatic rings. The van der Waals surface area contributed by atoms with Crippen LogP contribution in [-0.4, -0.2) is 35.3 Å². The fourth-order valence-electron chi connectivity index (χ4n) is 2.18. The third-order valence-corrected chi connectivity index (χ3v) is 3.23. The number of halogens is 1. The lowest BCUT2D eigenvalue weighted by Crippen LogP contribution is -2.27. The highest BCUT2D eigenvalue weighted by Crippen LogP contribution is 2.21. The lowest BCUT2D eigenvalue weighted by atomic mass is 10.2. The van der Waals surface area contributed by atoms with Crippen molar-refractivity contribution >= 4 is 12.4 Å². The van der Waals surface area contributed by atoms with E-state index >= 15 is 0 Å². The molecule has 0 N–H and O–H groups in total. The first-order valence-electron chi connectivity index (χ1n) is 7.31. The first kappa shape index (κ1) is 18.5. The minimum atomic E-state index is 0. The molecule has 2 aromatic rings. The molecule has 1 aromatic carbocycles. The van der Waals surface area contributed by atoms with Crippen LogP contribution in [0.5, 0.6) is 5.75 Å². The summed E-state index contributed by atoms with van der Waals surface area (Å²) in [6.07, 6.45) is 0. The highest BCUT2D eigenvalue weighted by molar-refractivity contribution is 5.85. The molecule has 0 saturated heterocycles. The van der Waals surface area contributed by atoms with Crippen molar-refractivity contribution in [3.05, 3.63) is 30.2 Å². The first-order chi connectivity index (χ1) is 10.1. The molecule has 1 heterocycles. The predicted molar refractivity (Wildman–Crippen MR) is 89.3 cm³/mol. The summed E-state index contributed by atoms with van der Waals surface area (Å²) >= 11 is 0. The molecular weight excluding hydrogens is 302 g/mol. The standard InChI is InChI=1S/C16H23N3O2.ClH/c1-5-19(10-12(2)3)11-15-17-18-16(21-15)13-6-8-14(20-4)9-7-13;/h6-9,12H,5,10-11H2,1-4H3;1H. The summed E-state index contributed by atoms with van der Waals surface area (Å²) in [6, 6.07) is 7.61. The van der Waals surface area contributed by atoms with Crippen molar-refractivity contribution in [3.8, 4) is 17.2 Å². The molecule has 0 atom stereocenters.